The van der Waals surface area contributed by atoms with Crippen molar-refractivity contribution in [1.29, 1.82) is 0 Å². The molecule has 2 rings (SSSR count). The molecule has 0 bridgehead atoms. The molecule has 10 atom stereocenters. The number of ether oxygens (including phenoxy) is 4. The first-order chi connectivity index (χ1) is 19.1. The third kappa shape index (κ3) is 11.4. The van der Waals surface area contributed by atoms with Gasteiger partial charge in [-0.1, -0.05) is 52.0 Å². The zero-order chi connectivity index (χ0) is 30.9. The number of hydrogen-bond acceptors (Lipinski definition) is 9. The number of allylic oxidation sites excluding steroid dienone is 3. The minimum atomic E-state index is -1.41. The summed E-state index contributed by atoms with van der Waals surface area (Å²) in [5.41, 5.74) is -0.604. The first-order valence-corrected chi connectivity index (χ1v) is 14.8. The van der Waals surface area contributed by atoms with E-state index in [9.17, 15) is 24.6 Å². The molecule has 1 saturated heterocycles. The van der Waals surface area contributed by atoms with Crippen LogP contribution in [0.25, 0.3) is 0 Å². The van der Waals surface area contributed by atoms with Gasteiger partial charge in [0.25, 0.3) is 0 Å². The number of carbonyl (C=O) groups excluding carboxylic acids is 3. The van der Waals surface area contributed by atoms with E-state index in [1.165, 1.54) is 13.8 Å². The van der Waals surface area contributed by atoms with E-state index in [2.05, 4.69) is 19.9 Å². The van der Waals surface area contributed by atoms with E-state index in [0.29, 0.717) is 0 Å². The monoisotopic (exact) mass is 578 g/mol. The zero-order valence-electron chi connectivity index (χ0n) is 25.9. The number of epoxide rings is 1. The van der Waals surface area contributed by atoms with Crippen LogP contribution in [-0.4, -0.2) is 70.3 Å². The Morgan fingerprint density at radius 2 is 1.88 bits per heavy atom. The van der Waals surface area contributed by atoms with Gasteiger partial charge in [-0.05, 0) is 57.1 Å². The Kier molecular flexibility index (Phi) is 13.3. The van der Waals surface area contributed by atoms with Crippen LogP contribution in [0.1, 0.15) is 87.5 Å². The molecule has 1 fully saturated rings. The van der Waals surface area contributed by atoms with Crippen molar-refractivity contribution in [2.45, 2.75) is 130 Å². The number of hydrogen-bond donors (Lipinski definition) is 2. The van der Waals surface area contributed by atoms with Gasteiger partial charge in [0, 0.05) is 25.7 Å². The van der Waals surface area contributed by atoms with E-state index < -0.39 is 35.9 Å². The first-order valence-electron chi connectivity index (χ1n) is 14.8. The molecular weight excluding hydrogens is 528 g/mol. The van der Waals surface area contributed by atoms with Crippen molar-refractivity contribution in [2.75, 3.05) is 0 Å². The molecule has 2 heterocycles. The van der Waals surface area contributed by atoms with E-state index >= 15 is 0 Å². The smallest absolute Gasteiger partial charge is 0.309 e. The van der Waals surface area contributed by atoms with Crippen LogP contribution >= 0.6 is 0 Å². The van der Waals surface area contributed by atoms with Crippen LogP contribution in [0.5, 0.6) is 0 Å². The molecule has 232 valence electrons. The Balaban J connectivity index is 2.10. The minimum absolute atomic E-state index is 0.0719. The fraction of sp³-hybridized carbons (Fsp3) is 0.719. The lowest BCUT2D eigenvalue weighted by Crippen LogP contribution is -2.42. The molecule has 0 amide bonds. The Morgan fingerprint density at radius 1 is 1.20 bits per heavy atom. The molecule has 2 aliphatic rings. The third-order valence-electron chi connectivity index (χ3n) is 7.92. The van der Waals surface area contributed by atoms with Gasteiger partial charge in [-0.3, -0.25) is 14.4 Å². The quantitative estimate of drug-likeness (QED) is 0.126. The summed E-state index contributed by atoms with van der Waals surface area (Å²) < 4.78 is 22.5. The van der Waals surface area contributed by atoms with E-state index in [1.807, 2.05) is 32.9 Å². The van der Waals surface area contributed by atoms with Gasteiger partial charge in [-0.25, -0.2) is 0 Å². The molecule has 0 aromatic rings. The molecule has 0 aliphatic carbocycles. The number of carbonyl (C=O) groups is 3. The normalized spacial score (nSPS) is 34.4. The van der Waals surface area contributed by atoms with Gasteiger partial charge >= 0.3 is 17.9 Å². The molecular formula is C32H50O9. The fourth-order valence-electron chi connectivity index (χ4n) is 5.36. The van der Waals surface area contributed by atoms with Crippen molar-refractivity contribution < 1.29 is 43.5 Å². The summed E-state index contributed by atoms with van der Waals surface area (Å²) in [6.45, 7) is 14.2. The van der Waals surface area contributed by atoms with Crippen LogP contribution in [-0.2, 0) is 33.3 Å². The van der Waals surface area contributed by atoms with Gasteiger partial charge in [0.05, 0.1) is 24.7 Å². The van der Waals surface area contributed by atoms with Crippen molar-refractivity contribution in [3.8, 4) is 0 Å². The van der Waals surface area contributed by atoms with Gasteiger partial charge in [-0.2, -0.15) is 0 Å². The predicted molar refractivity (Wildman–Crippen MR) is 155 cm³/mol. The molecule has 9 nitrogen and oxygen atoms in total. The maximum Gasteiger partial charge on any atom is 0.309 e. The second kappa shape index (κ2) is 15.7. The maximum atomic E-state index is 12.6. The van der Waals surface area contributed by atoms with Crippen LogP contribution in [0.2, 0.25) is 0 Å². The highest BCUT2D eigenvalue weighted by atomic mass is 16.6. The SMILES string of the molecule is CCC(OC(C)=O)C(C)C1OC1CC(C)/C=C/C=C(\C)C1OC(=O)CC(O)CCC(C)(O)C(OC(C)=O)/C=C\C1C. The molecule has 10 unspecified atom stereocenters. The zero-order valence-corrected chi connectivity index (χ0v) is 25.9. The summed E-state index contributed by atoms with van der Waals surface area (Å²) in [4.78, 5) is 35.7. The van der Waals surface area contributed by atoms with Crippen molar-refractivity contribution in [1.82, 2.24) is 0 Å². The van der Waals surface area contributed by atoms with E-state index in [-0.39, 0.29) is 61.3 Å². The lowest BCUT2D eigenvalue weighted by atomic mass is 9.88. The summed E-state index contributed by atoms with van der Waals surface area (Å²) >= 11 is 0. The molecule has 0 saturated carbocycles. The molecule has 2 N–H and O–H groups in total. The highest BCUT2D eigenvalue weighted by molar-refractivity contribution is 5.70. The molecule has 0 radical (unpaired) electrons. The summed E-state index contributed by atoms with van der Waals surface area (Å²) in [6, 6.07) is 0. The van der Waals surface area contributed by atoms with Crippen molar-refractivity contribution in [3.05, 3.63) is 36.0 Å². The van der Waals surface area contributed by atoms with Gasteiger partial charge in [0.15, 0.2) is 0 Å². The van der Waals surface area contributed by atoms with Crippen molar-refractivity contribution in [2.24, 2.45) is 17.8 Å². The van der Waals surface area contributed by atoms with Crippen LogP contribution < -0.4 is 0 Å². The summed E-state index contributed by atoms with van der Waals surface area (Å²) in [5, 5.41) is 21.3. The van der Waals surface area contributed by atoms with Crippen LogP contribution in [0.15, 0.2) is 36.0 Å². The third-order valence-corrected chi connectivity index (χ3v) is 7.92. The number of aliphatic hydroxyl groups excluding tert-OH is 1. The average Bonchev–Trinajstić information content (AvgIpc) is 3.64. The predicted octanol–water partition coefficient (Wildman–Crippen LogP) is 4.59. The Hall–Kier alpha value is -2.49. The number of rotatable bonds is 10. The van der Waals surface area contributed by atoms with Crippen molar-refractivity contribution in [3.63, 3.8) is 0 Å². The second-order valence-corrected chi connectivity index (χ2v) is 12.0. The maximum absolute atomic E-state index is 12.6. The Bertz CT molecular complexity index is 982. The molecule has 0 spiro atoms. The molecule has 9 heteroatoms. The van der Waals surface area contributed by atoms with Crippen LogP contribution in [0, 0.1) is 17.8 Å². The van der Waals surface area contributed by atoms with E-state index in [0.717, 1.165) is 18.4 Å². The van der Waals surface area contributed by atoms with Gasteiger partial charge in [0.2, 0.25) is 0 Å². The van der Waals surface area contributed by atoms with Crippen LogP contribution in [0.4, 0.5) is 0 Å². The van der Waals surface area contributed by atoms with E-state index in [1.54, 1.807) is 19.1 Å². The topological polar surface area (TPSA) is 132 Å². The molecule has 0 aromatic heterocycles. The number of aliphatic hydroxyl groups is 2. The standard InChI is InChI=1S/C32H50O9/c1-9-26(38-23(6)33)22(5)31-27(40-31)17-19(2)11-10-12-20(3)30-21(4)13-14-28(39-24(7)34)32(8,37)16-15-25(35)18-29(36)41-30/h10-14,19,21-22,25-28,30-31,35,37H,9,15-18H2,1-8H3/b11-10+,14-13-,20-12+. The molecule has 0 aromatic carbocycles. The van der Waals surface area contributed by atoms with Gasteiger partial charge < -0.3 is 29.2 Å². The van der Waals surface area contributed by atoms with E-state index in [4.69, 9.17) is 18.9 Å². The van der Waals surface area contributed by atoms with Crippen molar-refractivity contribution >= 4 is 17.9 Å². The highest BCUT2D eigenvalue weighted by Gasteiger charge is 2.46. The molecule has 2 aliphatic heterocycles. The Morgan fingerprint density at radius 3 is 2.49 bits per heavy atom. The largest absolute Gasteiger partial charge is 0.462 e. The number of esters is 3. The minimum Gasteiger partial charge on any atom is -0.462 e. The second-order valence-electron chi connectivity index (χ2n) is 12.0. The van der Waals surface area contributed by atoms with Crippen LogP contribution in [0.3, 0.4) is 0 Å². The number of cyclic esters (lactones) is 1. The summed E-state index contributed by atoms with van der Waals surface area (Å²) in [7, 11) is 0. The average molecular weight is 579 g/mol. The molecule has 41 heavy (non-hydrogen) atoms. The Labute approximate surface area is 244 Å². The lowest BCUT2D eigenvalue weighted by molar-refractivity contribution is -0.157. The summed E-state index contributed by atoms with van der Waals surface area (Å²) in [5.74, 6) is -1.26. The summed E-state index contributed by atoms with van der Waals surface area (Å²) in [6.07, 6.45) is 8.53. The highest BCUT2D eigenvalue weighted by Crippen LogP contribution is 2.37. The van der Waals surface area contributed by atoms with Gasteiger partial charge in [0.1, 0.15) is 23.9 Å². The van der Waals surface area contributed by atoms with Gasteiger partial charge in [-0.15, -0.1) is 0 Å². The first kappa shape index (κ1) is 34.7. The fourth-order valence-corrected chi connectivity index (χ4v) is 5.36. The lowest BCUT2D eigenvalue weighted by Gasteiger charge is -2.32.